The predicted molar refractivity (Wildman–Crippen MR) is 140 cm³/mol. The Morgan fingerprint density at radius 3 is 2.57 bits per heavy atom. The molecule has 1 amide bonds. The Hall–Kier alpha value is -2.83. The quantitative estimate of drug-likeness (QED) is 0.370. The van der Waals surface area contributed by atoms with Crippen LogP contribution in [-0.4, -0.2) is 26.7 Å². The van der Waals surface area contributed by atoms with Gasteiger partial charge in [0.1, 0.15) is 18.1 Å². The molecule has 0 bridgehead atoms. The Labute approximate surface area is 213 Å². The summed E-state index contributed by atoms with van der Waals surface area (Å²) in [4.78, 5) is 15.1. The molecule has 0 unspecified atom stereocenters. The molecule has 3 aromatic rings. The number of aliphatic hydroxyl groups excluding tert-OH is 1. The van der Waals surface area contributed by atoms with Crippen LogP contribution in [0.1, 0.15) is 78.0 Å². The summed E-state index contributed by atoms with van der Waals surface area (Å²) in [6, 6.07) is 17.1. The minimum atomic E-state index is -0.565. The van der Waals surface area contributed by atoms with Crippen molar-refractivity contribution in [2.45, 2.75) is 76.5 Å². The third-order valence-corrected chi connectivity index (χ3v) is 6.71. The Morgan fingerprint density at radius 2 is 1.86 bits per heavy atom. The van der Waals surface area contributed by atoms with Gasteiger partial charge in [0.25, 0.3) is 5.91 Å². The molecular weight excluding hydrogens is 462 g/mol. The van der Waals surface area contributed by atoms with E-state index >= 15 is 0 Å². The van der Waals surface area contributed by atoms with Gasteiger partial charge in [-0.2, -0.15) is 0 Å². The summed E-state index contributed by atoms with van der Waals surface area (Å²) in [7, 11) is 0. The van der Waals surface area contributed by atoms with Gasteiger partial charge in [-0.3, -0.25) is 4.79 Å². The van der Waals surface area contributed by atoms with Gasteiger partial charge in [-0.15, -0.1) is 12.4 Å². The highest BCUT2D eigenvalue weighted by atomic mass is 35.5. The van der Waals surface area contributed by atoms with Crippen molar-refractivity contribution < 1.29 is 14.6 Å². The number of carbonyl (C=O) groups is 1. The maximum absolute atomic E-state index is 11.2. The van der Waals surface area contributed by atoms with Gasteiger partial charge in [0, 0.05) is 12.7 Å². The van der Waals surface area contributed by atoms with Crippen LogP contribution in [0.5, 0.6) is 5.75 Å². The standard InChI is InChI=1S/C28H35N3O3.ClH/c29-28(33)26-18-31(20-30-26)17-25(32)11-6-10-24-9-4-5-12-27(24)34-19-21-13-15-23(16-14-21)22-7-2-1-3-8-22;/h4-5,9,12-16,18,20,22,25,32H,1-3,6-8,10-11,17,19H2,(H2,29,33);1H/t25-;/m0./s1. The molecule has 1 heterocycles. The molecule has 1 aromatic heterocycles. The number of nitrogens with zero attached hydrogens (tertiary/aromatic N) is 2. The molecule has 6 nitrogen and oxygen atoms in total. The Bertz CT molecular complexity index is 1060. The van der Waals surface area contributed by atoms with E-state index in [4.69, 9.17) is 10.5 Å². The van der Waals surface area contributed by atoms with Gasteiger partial charge >= 0.3 is 0 Å². The highest BCUT2D eigenvalue weighted by Gasteiger charge is 2.15. The number of carbonyl (C=O) groups excluding carboxylic acids is 1. The fraction of sp³-hybridized carbons (Fsp3) is 0.429. The van der Waals surface area contributed by atoms with Gasteiger partial charge in [0.05, 0.1) is 12.4 Å². The summed E-state index contributed by atoms with van der Waals surface area (Å²) in [6.45, 7) is 0.933. The van der Waals surface area contributed by atoms with E-state index in [-0.39, 0.29) is 18.1 Å². The molecule has 0 aliphatic heterocycles. The molecule has 2 aromatic carbocycles. The Kier molecular flexibility index (Phi) is 10.2. The molecule has 0 radical (unpaired) electrons. The number of rotatable bonds is 11. The van der Waals surface area contributed by atoms with Crippen molar-refractivity contribution in [3.05, 3.63) is 83.4 Å². The number of para-hydroxylation sites is 1. The van der Waals surface area contributed by atoms with Gasteiger partial charge in [0.15, 0.2) is 0 Å². The lowest BCUT2D eigenvalue weighted by Gasteiger charge is -2.22. The van der Waals surface area contributed by atoms with Crippen molar-refractivity contribution in [3.63, 3.8) is 0 Å². The highest BCUT2D eigenvalue weighted by Crippen LogP contribution is 2.32. The van der Waals surface area contributed by atoms with Gasteiger partial charge in [-0.25, -0.2) is 4.98 Å². The van der Waals surface area contributed by atoms with E-state index in [2.05, 4.69) is 35.3 Å². The lowest BCUT2D eigenvalue weighted by molar-refractivity contribution is 0.0995. The lowest BCUT2D eigenvalue weighted by Crippen LogP contribution is -2.15. The molecule has 3 N–H and O–H groups in total. The van der Waals surface area contributed by atoms with E-state index in [0.717, 1.165) is 30.1 Å². The average molecular weight is 498 g/mol. The molecule has 1 fully saturated rings. The first kappa shape index (κ1) is 26.8. The summed E-state index contributed by atoms with van der Waals surface area (Å²) in [5.74, 6) is 1.05. The second kappa shape index (κ2) is 13.3. The van der Waals surface area contributed by atoms with E-state index in [9.17, 15) is 9.90 Å². The molecule has 7 heteroatoms. The first-order chi connectivity index (χ1) is 16.6. The molecule has 35 heavy (non-hydrogen) atoms. The molecule has 188 valence electrons. The smallest absolute Gasteiger partial charge is 0.268 e. The summed E-state index contributed by atoms with van der Waals surface area (Å²) >= 11 is 0. The number of benzene rings is 2. The molecule has 1 saturated carbocycles. The first-order valence-electron chi connectivity index (χ1n) is 12.4. The van der Waals surface area contributed by atoms with Crippen molar-refractivity contribution in [2.75, 3.05) is 0 Å². The predicted octanol–water partition coefficient (Wildman–Crippen LogP) is 5.41. The number of aliphatic hydroxyl groups is 1. The number of primary amides is 1. The SMILES string of the molecule is Cl.NC(=O)c1cn(C[C@@H](O)CCCc2ccccc2OCc2ccc(C3CCCCC3)cc2)cn1. The number of aromatic nitrogens is 2. The average Bonchev–Trinajstić information content (AvgIpc) is 3.33. The highest BCUT2D eigenvalue weighted by molar-refractivity contribution is 5.90. The molecule has 4 rings (SSSR count). The van der Waals surface area contributed by atoms with Crippen molar-refractivity contribution in [1.29, 1.82) is 0 Å². The lowest BCUT2D eigenvalue weighted by atomic mass is 9.84. The van der Waals surface area contributed by atoms with Crippen LogP contribution in [0.3, 0.4) is 0 Å². The normalized spacial score (nSPS) is 14.8. The third kappa shape index (κ3) is 7.84. The number of ether oxygens (including phenoxy) is 1. The van der Waals surface area contributed by atoms with Crippen molar-refractivity contribution >= 4 is 18.3 Å². The fourth-order valence-corrected chi connectivity index (χ4v) is 4.78. The largest absolute Gasteiger partial charge is 0.489 e. The maximum Gasteiger partial charge on any atom is 0.268 e. The van der Waals surface area contributed by atoms with Crippen LogP contribution < -0.4 is 10.5 Å². The summed E-state index contributed by atoms with van der Waals surface area (Å²) in [5, 5.41) is 10.4. The number of nitrogens with two attached hydrogens (primary N) is 1. The Balaban J connectivity index is 0.00000342. The second-order valence-electron chi connectivity index (χ2n) is 9.34. The summed E-state index contributed by atoms with van der Waals surface area (Å²) < 4.78 is 7.86. The van der Waals surface area contributed by atoms with Crippen LogP contribution in [0.2, 0.25) is 0 Å². The van der Waals surface area contributed by atoms with Gasteiger partial charge in [0.2, 0.25) is 0 Å². The molecule has 0 saturated heterocycles. The number of halogens is 1. The maximum atomic E-state index is 11.2. The zero-order valence-electron chi connectivity index (χ0n) is 20.1. The minimum Gasteiger partial charge on any atom is -0.489 e. The van der Waals surface area contributed by atoms with E-state index in [1.807, 2.05) is 18.2 Å². The van der Waals surface area contributed by atoms with Gasteiger partial charge in [-0.05, 0) is 60.8 Å². The Morgan fingerprint density at radius 1 is 1.11 bits per heavy atom. The van der Waals surface area contributed by atoms with Crippen LogP contribution >= 0.6 is 12.4 Å². The van der Waals surface area contributed by atoms with Crippen LogP contribution in [0.4, 0.5) is 0 Å². The van der Waals surface area contributed by atoms with Crippen LogP contribution in [0.25, 0.3) is 0 Å². The van der Waals surface area contributed by atoms with E-state index in [0.29, 0.717) is 19.6 Å². The molecule has 1 aliphatic carbocycles. The van der Waals surface area contributed by atoms with Crippen LogP contribution in [-0.2, 0) is 19.6 Å². The van der Waals surface area contributed by atoms with Crippen molar-refractivity contribution in [1.82, 2.24) is 9.55 Å². The second-order valence-corrected chi connectivity index (χ2v) is 9.34. The summed E-state index contributed by atoms with van der Waals surface area (Å²) in [5.41, 5.74) is 9.23. The number of aryl methyl sites for hydroxylation is 1. The molecule has 1 aliphatic rings. The number of hydrogen-bond acceptors (Lipinski definition) is 4. The molecule has 1 atom stereocenters. The zero-order valence-corrected chi connectivity index (χ0v) is 21.0. The number of amides is 1. The molecule has 0 spiro atoms. The van der Waals surface area contributed by atoms with E-state index in [1.54, 1.807) is 10.8 Å². The van der Waals surface area contributed by atoms with Crippen molar-refractivity contribution in [2.24, 2.45) is 5.73 Å². The van der Waals surface area contributed by atoms with Gasteiger partial charge < -0.3 is 20.1 Å². The fourth-order valence-electron chi connectivity index (χ4n) is 4.78. The monoisotopic (exact) mass is 497 g/mol. The third-order valence-electron chi connectivity index (χ3n) is 6.71. The topological polar surface area (TPSA) is 90.4 Å². The first-order valence-corrected chi connectivity index (χ1v) is 12.4. The molecular formula is C28H36ClN3O3. The van der Waals surface area contributed by atoms with Crippen LogP contribution in [0.15, 0.2) is 61.1 Å². The zero-order chi connectivity index (χ0) is 23.8. The van der Waals surface area contributed by atoms with E-state index in [1.165, 1.54) is 49.6 Å². The number of imidazole rings is 1. The van der Waals surface area contributed by atoms with Gasteiger partial charge in [-0.1, -0.05) is 61.7 Å². The minimum absolute atomic E-state index is 0. The van der Waals surface area contributed by atoms with Crippen LogP contribution in [0, 0.1) is 0 Å². The number of hydrogen-bond donors (Lipinski definition) is 2. The van der Waals surface area contributed by atoms with Crippen molar-refractivity contribution in [3.8, 4) is 5.75 Å². The van der Waals surface area contributed by atoms with E-state index < -0.39 is 12.0 Å². The summed E-state index contributed by atoms with van der Waals surface area (Å²) in [6.07, 6.45) is 11.6.